The highest BCUT2D eigenvalue weighted by Crippen LogP contribution is 2.34. The molecule has 5 nitrogen and oxygen atoms in total. The maximum Gasteiger partial charge on any atom is 0.317 e. The minimum atomic E-state index is -0.323. The van der Waals surface area contributed by atoms with E-state index >= 15 is 0 Å². The Morgan fingerprint density at radius 3 is 2.39 bits per heavy atom. The molecule has 0 bridgehead atoms. The van der Waals surface area contributed by atoms with Gasteiger partial charge in [-0.1, -0.05) is 75.4 Å². The molecule has 0 aliphatic carbocycles. The average molecular weight is 420 g/mol. The fourth-order valence-corrected chi connectivity index (χ4v) is 4.17. The first-order valence-electron chi connectivity index (χ1n) is 11.2. The van der Waals surface area contributed by atoms with Gasteiger partial charge in [-0.05, 0) is 34.6 Å². The van der Waals surface area contributed by atoms with Gasteiger partial charge in [0.25, 0.3) is 0 Å². The molecule has 31 heavy (non-hydrogen) atoms. The summed E-state index contributed by atoms with van der Waals surface area (Å²) in [5.74, 6) is 0. The Kier molecular flexibility index (Phi) is 6.05. The average Bonchev–Trinajstić information content (AvgIpc) is 3.18. The van der Waals surface area contributed by atoms with Crippen LogP contribution in [0.15, 0.2) is 60.7 Å². The molecule has 0 atom stereocenters. The first-order chi connectivity index (χ1) is 14.8. The maximum atomic E-state index is 12.6. The van der Waals surface area contributed by atoms with Gasteiger partial charge in [0.15, 0.2) is 0 Å². The molecule has 2 heterocycles. The summed E-state index contributed by atoms with van der Waals surface area (Å²) in [6.07, 6.45) is 4.60. The van der Waals surface area contributed by atoms with Gasteiger partial charge < -0.3 is 10.2 Å². The van der Waals surface area contributed by atoms with Crippen LogP contribution in [0.25, 0.3) is 5.70 Å². The summed E-state index contributed by atoms with van der Waals surface area (Å²) in [7, 11) is 0. The Morgan fingerprint density at radius 1 is 1.06 bits per heavy atom. The van der Waals surface area contributed by atoms with Gasteiger partial charge in [-0.3, -0.25) is 10.3 Å². The van der Waals surface area contributed by atoms with Gasteiger partial charge in [0.2, 0.25) is 0 Å². The van der Waals surface area contributed by atoms with Crippen molar-refractivity contribution in [2.75, 3.05) is 19.6 Å². The van der Waals surface area contributed by atoms with E-state index in [1.165, 1.54) is 11.1 Å². The van der Waals surface area contributed by atoms with Crippen LogP contribution in [0, 0.1) is 0 Å². The molecule has 0 radical (unpaired) electrons. The number of piperidine rings is 1. The number of carbonyl (C=O) groups is 1. The van der Waals surface area contributed by atoms with Gasteiger partial charge in [-0.25, -0.2) is 4.79 Å². The van der Waals surface area contributed by atoms with E-state index in [2.05, 4.69) is 74.0 Å². The highest BCUT2D eigenvalue weighted by atomic mass is 16.7. The van der Waals surface area contributed by atoms with Crippen molar-refractivity contribution in [2.45, 2.75) is 51.0 Å². The van der Waals surface area contributed by atoms with Crippen molar-refractivity contribution >= 4 is 11.7 Å². The van der Waals surface area contributed by atoms with E-state index in [1.807, 2.05) is 23.1 Å². The summed E-state index contributed by atoms with van der Waals surface area (Å²) >= 11 is 0. The Hall–Kier alpha value is -2.79. The smallest absolute Gasteiger partial charge is 0.317 e. The Balaban J connectivity index is 1.24. The number of hydrogen-bond donors (Lipinski definition) is 2. The van der Waals surface area contributed by atoms with E-state index in [0.29, 0.717) is 19.6 Å². The highest BCUT2D eigenvalue weighted by Gasteiger charge is 2.39. The van der Waals surface area contributed by atoms with Crippen molar-refractivity contribution < 1.29 is 9.63 Å². The Labute approximate surface area is 185 Å². The maximum absolute atomic E-state index is 12.6. The number of urea groups is 1. The van der Waals surface area contributed by atoms with Gasteiger partial charge in [0.05, 0.1) is 5.70 Å². The molecule has 0 aromatic heterocycles. The van der Waals surface area contributed by atoms with E-state index in [-0.39, 0.29) is 17.0 Å². The van der Waals surface area contributed by atoms with Crippen LogP contribution in [0.1, 0.15) is 50.3 Å². The number of benzene rings is 2. The summed E-state index contributed by atoms with van der Waals surface area (Å²) in [5, 5.41) is 3.07. The van der Waals surface area contributed by atoms with E-state index in [4.69, 9.17) is 4.84 Å². The molecule has 5 heteroatoms. The number of likely N-dealkylation sites (tertiary alicyclic amines) is 1. The van der Waals surface area contributed by atoms with E-state index in [0.717, 1.165) is 30.5 Å². The van der Waals surface area contributed by atoms with Crippen LogP contribution in [0.3, 0.4) is 0 Å². The van der Waals surface area contributed by atoms with E-state index < -0.39 is 0 Å². The third-order valence-corrected chi connectivity index (χ3v) is 6.26. The molecule has 2 N–H and O–H groups in total. The Morgan fingerprint density at radius 2 is 1.74 bits per heavy atom. The molecule has 2 amide bonds. The zero-order valence-electron chi connectivity index (χ0n) is 18.8. The van der Waals surface area contributed by atoms with Crippen LogP contribution in [-0.2, 0) is 16.7 Å². The van der Waals surface area contributed by atoms with Crippen molar-refractivity contribution in [3.63, 3.8) is 0 Å². The number of hydroxylamine groups is 1. The minimum Gasteiger partial charge on any atom is -0.338 e. The van der Waals surface area contributed by atoms with Crippen molar-refractivity contribution in [1.82, 2.24) is 15.7 Å². The standard InChI is InChI=1S/C26H33N3O2/c1-25(2,3)22-11-9-20(10-12-22)13-16-27-24(30)29-17-14-26(15-18-29)19-23(28-31-26)21-7-5-4-6-8-21/h4-12,19,28H,13-18H2,1-3H3,(H,27,30). The minimum absolute atomic E-state index is 0.0133. The first-order valence-corrected chi connectivity index (χ1v) is 11.2. The van der Waals surface area contributed by atoms with Crippen LogP contribution in [0.4, 0.5) is 4.79 Å². The van der Waals surface area contributed by atoms with Crippen LogP contribution < -0.4 is 10.8 Å². The summed E-state index contributed by atoms with van der Waals surface area (Å²) < 4.78 is 0. The molecule has 2 aliphatic rings. The van der Waals surface area contributed by atoms with Gasteiger partial charge >= 0.3 is 6.03 Å². The van der Waals surface area contributed by atoms with Crippen molar-refractivity contribution in [3.8, 4) is 0 Å². The summed E-state index contributed by atoms with van der Waals surface area (Å²) in [4.78, 5) is 20.4. The number of hydrogen-bond acceptors (Lipinski definition) is 3. The fourth-order valence-electron chi connectivity index (χ4n) is 4.17. The summed E-state index contributed by atoms with van der Waals surface area (Å²) in [6, 6.07) is 18.9. The molecule has 1 fully saturated rings. The molecule has 2 aromatic rings. The van der Waals surface area contributed by atoms with Crippen LogP contribution in [-0.4, -0.2) is 36.2 Å². The predicted octanol–water partition coefficient (Wildman–Crippen LogP) is 4.65. The summed E-state index contributed by atoms with van der Waals surface area (Å²) in [5.41, 5.74) is 7.63. The topological polar surface area (TPSA) is 53.6 Å². The zero-order chi connectivity index (χ0) is 21.9. The predicted molar refractivity (Wildman–Crippen MR) is 124 cm³/mol. The largest absolute Gasteiger partial charge is 0.338 e. The van der Waals surface area contributed by atoms with Gasteiger partial charge in [0.1, 0.15) is 5.60 Å². The molecule has 2 aliphatic heterocycles. The lowest BCUT2D eigenvalue weighted by Crippen LogP contribution is -2.50. The first kappa shape index (κ1) is 21.4. The molecule has 0 saturated carbocycles. The molecular weight excluding hydrogens is 386 g/mol. The monoisotopic (exact) mass is 419 g/mol. The number of nitrogens with one attached hydrogen (secondary N) is 2. The molecule has 0 unspecified atom stereocenters. The lowest BCUT2D eigenvalue weighted by Gasteiger charge is -2.36. The molecule has 164 valence electrons. The number of amides is 2. The fraction of sp³-hybridized carbons (Fsp3) is 0.423. The molecule has 2 aromatic carbocycles. The lowest BCUT2D eigenvalue weighted by atomic mass is 9.86. The second-order valence-electron chi connectivity index (χ2n) is 9.61. The van der Waals surface area contributed by atoms with Gasteiger partial charge in [-0.2, -0.15) is 0 Å². The third-order valence-electron chi connectivity index (χ3n) is 6.26. The van der Waals surface area contributed by atoms with Crippen LogP contribution >= 0.6 is 0 Å². The highest BCUT2D eigenvalue weighted by molar-refractivity contribution is 5.74. The number of carbonyl (C=O) groups excluding carboxylic acids is 1. The number of nitrogens with zero attached hydrogens (tertiary/aromatic N) is 1. The van der Waals surface area contributed by atoms with Crippen molar-refractivity contribution in [2.24, 2.45) is 0 Å². The van der Waals surface area contributed by atoms with Crippen molar-refractivity contribution in [1.29, 1.82) is 0 Å². The second kappa shape index (κ2) is 8.75. The number of rotatable bonds is 4. The van der Waals surface area contributed by atoms with Crippen LogP contribution in [0.2, 0.25) is 0 Å². The SMILES string of the molecule is CC(C)(C)c1ccc(CCNC(=O)N2CCC3(C=C(c4ccccc4)NO3)CC2)cc1. The second-order valence-corrected chi connectivity index (χ2v) is 9.61. The van der Waals surface area contributed by atoms with E-state index in [1.54, 1.807) is 0 Å². The zero-order valence-corrected chi connectivity index (χ0v) is 18.8. The van der Waals surface area contributed by atoms with Gasteiger partial charge in [-0.15, -0.1) is 0 Å². The van der Waals surface area contributed by atoms with Crippen LogP contribution in [0.5, 0.6) is 0 Å². The molecule has 1 saturated heterocycles. The molecule has 4 rings (SSSR count). The van der Waals surface area contributed by atoms with E-state index in [9.17, 15) is 4.79 Å². The quantitative estimate of drug-likeness (QED) is 0.759. The molecule has 1 spiro atoms. The normalized spacial score (nSPS) is 17.9. The van der Waals surface area contributed by atoms with Gasteiger partial charge in [0, 0.05) is 32.5 Å². The lowest BCUT2D eigenvalue weighted by molar-refractivity contribution is -0.0639. The Bertz CT molecular complexity index is 921. The third kappa shape index (κ3) is 5.10. The van der Waals surface area contributed by atoms with Crippen molar-refractivity contribution in [3.05, 3.63) is 77.4 Å². The summed E-state index contributed by atoms with van der Waals surface area (Å²) in [6.45, 7) is 8.67. The molecular formula is C26H33N3O2.